The molecule has 0 aromatic heterocycles. The van der Waals surface area contributed by atoms with Crippen molar-refractivity contribution in [2.24, 2.45) is 0 Å². The van der Waals surface area contributed by atoms with Gasteiger partial charge in [0.2, 0.25) is 5.79 Å². The summed E-state index contributed by atoms with van der Waals surface area (Å²) in [5.74, 6) is -0.0438. The standard InChI is InChI=1S/C17H18O5/c1-19-13-4-2-11(3-5-13)16-14-7-9-20-17(22-14)8-6-12(18)10-15(17)21-16/h2-6,8,14-16H,7,9-10H2,1H3/t14-,15+,16-,17-/m0/s1. The predicted molar refractivity (Wildman–Crippen MR) is 77.5 cm³/mol. The minimum Gasteiger partial charge on any atom is -0.497 e. The lowest BCUT2D eigenvalue weighted by molar-refractivity contribution is -0.373. The van der Waals surface area contributed by atoms with Crippen LogP contribution in [0, 0.1) is 0 Å². The summed E-state index contributed by atoms with van der Waals surface area (Å²) in [6.07, 6.45) is 3.65. The number of ether oxygens (including phenoxy) is 4. The Hall–Kier alpha value is -1.69. The minimum absolute atomic E-state index is 0.0420. The molecule has 1 aliphatic carbocycles. The second-order valence-corrected chi connectivity index (χ2v) is 5.84. The summed E-state index contributed by atoms with van der Waals surface area (Å²) in [4.78, 5) is 11.7. The fourth-order valence-corrected chi connectivity index (χ4v) is 3.34. The quantitative estimate of drug-likeness (QED) is 0.838. The molecule has 22 heavy (non-hydrogen) atoms. The molecular formula is C17H18O5. The molecule has 0 amide bonds. The Morgan fingerprint density at radius 1 is 1.27 bits per heavy atom. The molecule has 0 radical (unpaired) electrons. The van der Waals surface area contributed by atoms with Crippen LogP contribution >= 0.6 is 0 Å². The molecule has 1 spiro atoms. The van der Waals surface area contributed by atoms with Crippen molar-refractivity contribution >= 4 is 5.78 Å². The van der Waals surface area contributed by atoms with Crippen LogP contribution in [0.5, 0.6) is 5.75 Å². The maximum atomic E-state index is 11.7. The molecule has 1 aromatic carbocycles. The van der Waals surface area contributed by atoms with Crippen molar-refractivity contribution in [2.75, 3.05) is 13.7 Å². The number of benzene rings is 1. The van der Waals surface area contributed by atoms with E-state index in [1.807, 2.05) is 24.3 Å². The highest BCUT2D eigenvalue weighted by atomic mass is 16.8. The van der Waals surface area contributed by atoms with Gasteiger partial charge in [-0.15, -0.1) is 0 Å². The van der Waals surface area contributed by atoms with Crippen LogP contribution in [0.25, 0.3) is 0 Å². The number of hydrogen-bond acceptors (Lipinski definition) is 5. The number of hydrogen-bond donors (Lipinski definition) is 0. The Bertz CT molecular complexity index is 608. The van der Waals surface area contributed by atoms with Gasteiger partial charge in [-0.1, -0.05) is 12.1 Å². The molecule has 0 saturated carbocycles. The maximum Gasteiger partial charge on any atom is 0.216 e. The predicted octanol–water partition coefficient (Wildman–Crippen LogP) is 2.17. The highest BCUT2D eigenvalue weighted by Crippen LogP contribution is 2.45. The van der Waals surface area contributed by atoms with Crippen LogP contribution in [0.4, 0.5) is 0 Å². The molecule has 0 N–H and O–H groups in total. The second kappa shape index (κ2) is 5.19. The van der Waals surface area contributed by atoms with Crippen molar-refractivity contribution in [3.05, 3.63) is 42.0 Å². The topological polar surface area (TPSA) is 54.0 Å². The average Bonchev–Trinajstić information content (AvgIpc) is 2.56. The lowest BCUT2D eigenvalue weighted by Gasteiger charge is -2.52. The van der Waals surface area contributed by atoms with E-state index in [4.69, 9.17) is 18.9 Å². The van der Waals surface area contributed by atoms with Crippen molar-refractivity contribution in [3.63, 3.8) is 0 Å². The van der Waals surface area contributed by atoms with Crippen LogP contribution in [0.1, 0.15) is 24.5 Å². The van der Waals surface area contributed by atoms with Crippen molar-refractivity contribution < 1.29 is 23.7 Å². The SMILES string of the molecule is COc1ccc([C@@H]2O[C@@H]3CC(=O)C=C[C@@]34OCC[C@@H]2O4)cc1. The minimum atomic E-state index is -0.889. The number of fused-ring (bicyclic) bond motifs is 1. The summed E-state index contributed by atoms with van der Waals surface area (Å²) < 4.78 is 23.4. The first-order valence-corrected chi connectivity index (χ1v) is 7.53. The molecule has 2 fully saturated rings. The summed E-state index contributed by atoms with van der Waals surface area (Å²) >= 11 is 0. The molecule has 2 saturated heterocycles. The van der Waals surface area contributed by atoms with E-state index in [0.29, 0.717) is 6.61 Å². The lowest BCUT2D eigenvalue weighted by Crippen LogP contribution is -2.60. The van der Waals surface area contributed by atoms with Gasteiger partial charge >= 0.3 is 0 Å². The van der Waals surface area contributed by atoms with E-state index in [9.17, 15) is 4.79 Å². The Balaban J connectivity index is 1.65. The third-order valence-corrected chi connectivity index (χ3v) is 4.50. The zero-order valence-electron chi connectivity index (χ0n) is 12.4. The zero-order chi connectivity index (χ0) is 15.2. The van der Waals surface area contributed by atoms with E-state index in [2.05, 4.69) is 0 Å². The van der Waals surface area contributed by atoms with Gasteiger partial charge in [-0.3, -0.25) is 4.79 Å². The molecule has 2 heterocycles. The lowest BCUT2D eigenvalue weighted by atomic mass is 9.90. The number of methoxy groups -OCH3 is 1. The third-order valence-electron chi connectivity index (χ3n) is 4.50. The number of allylic oxidation sites excluding steroid dienone is 1. The molecule has 116 valence electrons. The monoisotopic (exact) mass is 302 g/mol. The molecule has 4 rings (SSSR count). The Kier molecular flexibility index (Phi) is 3.29. The van der Waals surface area contributed by atoms with E-state index in [1.54, 1.807) is 13.2 Å². The first-order valence-electron chi connectivity index (χ1n) is 7.53. The Morgan fingerprint density at radius 3 is 2.86 bits per heavy atom. The Morgan fingerprint density at radius 2 is 2.09 bits per heavy atom. The highest BCUT2D eigenvalue weighted by Gasteiger charge is 2.54. The van der Waals surface area contributed by atoms with Crippen LogP contribution in [0.3, 0.4) is 0 Å². The smallest absolute Gasteiger partial charge is 0.216 e. The van der Waals surface area contributed by atoms with Gasteiger partial charge < -0.3 is 18.9 Å². The molecule has 5 heteroatoms. The molecule has 0 unspecified atom stereocenters. The number of ketones is 1. The summed E-state index contributed by atoms with van der Waals surface area (Å²) in [7, 11) is 1.64. The Labute approximate surface area is 128 Å². The van der Waals surface area contributed by atoms with E-state index in [0.717, 1.165) is 17.7 Å². The second-order valence-electron chi connectivity index (χ2n) is 5.84. The third kappa shape index (κ3) is 2.17. The van der Waals surface area contributed by atoms with E-state index in [1.165, 1.54) is 6.08 Å². The molecule has 1 aromatic rings. The van der Waals surface area contributed by atoms with Gasteiger partial charge in [0.25, 0.3) is 0 Å². The van der Waals surface area contributed by atoms with E-state index in [-0.39, 0.29) is 24.4 Å². The van der Waals surface area contributed by atoms with Gasteiger partial charge in [0.15, 0.2) is 5.78 Å². The van der Waals surface area contributed by atoms with E-state index < -0.39 is 11.9 Å². The molecule has 2 bridgehead atoms. The summed E-state index contributed by atoms with van der Waals surface area (Å²) in [5, 5.41) is 0. The summed E-state index contributed by atoms with van der Waals surface area (Å²) in [5.41, 5.74) is 1.03. The van der Waals surface area contributed by atoms with Gasteiger partial charge in [0, 0.05) is 12.8 Å². The number of carbonyl (C=O) groups excluding carboxylic acids is 1. The van der Waals surface area contributed by atoms with Crippen molar-refractivity contribution in [1.29, 1.82) is 0 Å². The highest BCUT2D eigenvalue weighted by molar-refractivity contribution is 5.91. The van der Waals surface area contributed by atoms with Crippen molar-refractivity contribution in [2.45, 2.75) is 36.9 Å². The van der Waals surface area contributed by atoms with Gasteiger partial charge in [0.05, 0.1) is 19.8 Å². The van der Waals surface area contributed by atoms with Gasteiger partial charge in [0.1, 0.15) is 18.0 Å². The van der Waals surface area contributed by atoms with Crippen LogP contribution in [0.15, 0.2) is 36.4 Å². The van der Waals surface area contributed by atoms with Crippen molar-refractivity contribution in [3.8, 4) is 5.75 Å². The fraction of sp³-hybridized carbons (Fsp3) is 0.471. The van der Waals surface area contributed by atoms with Crippen LogP contribution in [-0.2, 0) is 19.0 Å². The molecule has 5 nitrogen and oxygen atoms in total. The van der Waals surface area contributed by atoms with Gasteiger partial charge in [-0.05, 0) is 29.8 Å². The van der Waals surface area contributed by atoms with E-state index >= 15 is 0 Å². The molecule has 4 atom stereocenters. The molecule has 2 aliphatic heterocycles. The normalized spacial score (nSPS) is 36.8. The van der Waals surface area contributed by atoms with Gasteiger partial charge in [-0.2, -0.15) is 0 Å². The molecule has 3 aliphatic rings. The largest absolute Gasteiger partial charge is 0.497 e. The number of rotatable bonds is 2. The maximum absolute atomic E-state index is 11.7. The fourth-order valence-electron chi connectivity index (χ4n) is 3.34. The first kappa shape index (κ1) is 13.9. The zero-order valence-corrected chi connectivity index (χ0v) is 12.4. The summed E-state index contributed by atoms with van der Waals surface area (Å²) in [6.45, 7) is 0.607. The first-order chi connectivity index (χ1) is 10.7. The van der Waals surface area contributed by atoms with Crippen molar-refractivity contribution in [1.82, 2.24) is 0 Å². The van der Waals surface area contributed by atoms with Crippen LogP contribution in [-0.4, -0.2) is 37.5 Å². The van der Waals surface area contributed by atoms with Gasteiger partial charge in [-0.25, -0.2) is 0 Å². The number of carbonyl (C=O) groups is 1. The van der Waals surface area contributed by atoms with Crippen LogP contribution in [0.2, 0.25) is 0 Å². The van der Waals surface area contributed by atoms with Crippen LogP contribution < -0.4 is 4.74 Å². The molecular weight excluding hydrogens is 284 g/mol. The average molecular weight is 302 g/mol. The summed E-state index contributed by atoms with van der Waals surface area (Å²) in [6, 6.07) is 7.78.